The lowest BCUT2D eigenvalue weighted by molar-refractivity contribution is -0.276. The Balaban J connectivity index is 1.48. The smallest absolute Gasteiger partial charge is 0.325 e. The highest BCUT2D eigenvalue weighted by atomic mass is 16.7. The van der Waals surface area contributed by atoms with Crippen molar-refractivity contribution in [3.8, 4) is 0 Å². The van der Waals surface area contributed by atoms with E-state index >= 15 is 0 Å². The molecule has 40 heavy (non-hydrogen) atoms. The maximum Gasteiger partial charge on any atom is 0.325 e. The Hall–Kier alpha value is -3.02. The Morgan fingerprint density at radius 3 is 2.48 bits per heavy atom. The highest BCUT2D eigenvalue weighted by Crippen LogP contribution is 2.42. The van der Waals surface area contributed by atoms with Gasteiger partial charge in [0.2, 0.25) is 0 Å². The molecule has 0 spiro atoms. The first kappa shape index (κ1) is 30.0. The van der Waals surface area contributed by atoms with Crippen LogP contribution in [0, 0.1) is 5.92 Å². The van der Waals surface area contributed by atoms with Crippen molar-refractivity contribution in [2.24, 2.45) is 5.92 Å². The van der Waals surface area contributed by atoms with Crippen molar-refractivity contribution >= 4 is 17.7 Å². The average molecular weight is 556 g/mol. The van der Waals surface area contributed by atoms with Gasteiger partial charge in [0.1, 0.15) is 6.54 Å². The lowest BCUT2D eigenvalue weighted by atomic mass is 9.90. The topological polar surface area (TPSA) is 119 Å². The molecular formula is C30H41N3O7. The standard InChI is InChI=1S/C30H41N3O7/c1-4-38-27(35)16-31-30(36)32-24-13-11-23(12-14-24)29-39-26(17-33-15-5-6-25(33)19-37-3)20(2)28(40-29)22-9-7-21(18-34)8-10-22/h7-14,20,25-26,28-29,34H,4-6,15-19H2,1-3H3,(H2,31,32,36). The van der Waals surface area contributed by atoms with Gasteiger partial charge in [0.15, 0.2) is 6.29 Å². The van der Waals surface area contributed by atoms with E-state index in [0.29, 0.717) is 18.3 Å². The number of hydrogen-bond donors (Lipinski definition) is 3. The number of likely N-dealkylation sites (tertiary alicyclic amines) is 1. The van der Waals surface area contributed by atoms with Crippen molar-refractivity contribution in [2.45, 2.75) is 57.8 Å². The summed E-state index contributed by atoms with van der Waals surface area (Å²) in [4.78, 5) is 26.1. The third kappa shape index (κ3) is 7.80. The summed E-state index contributed by atoms with van der Waals surface area (Å²) in [6, 6.07) is 15.0. The van der Waals surface area contributed by atoms with Crippen LogP contribution < -0.4 is 10.6 Å². The zero-order valence-corrected chi connectivity index (χ0v) is 23.5. The van der Waals surface area contributed by atoms with Crippen LogP contribution in [0.2, 0.25) is 0 Å². The molecule has 2 aliphatic heterocycles. The molecule has 10 nitrogen and oxygen atoms in total. The number of esters is 1. The number of methoxy groups -OCH3 is 1. The minimum absolute atomic E-state index is 0.00714. The van der Waals surface area contributed by atoms with E-state index < -0.39 is 18.3 Å². The summed E-state index contributed by atoms with van der Waals surface area (Å²) in [6.45, 7) is 6.42. The first-order chi connectivity index (χ1) is 19.4. The minimum Gasteiger partial charge on any atom is -0.465 e. The molecule has 2 heterocycles. The SMILES string of the molecule is CCOC(=O)CNC(=O)Nc1ccc(C2OC(CN3CCCC3COC)C(C)C(c3ccc(CO)cc3)O2)cc1. The second-order valence-corrected chi connectivity index (χ2v) is 10.3. The predicted molar refractivity (Wildman–Crippen MR) is 150 cm³/mol. The number of carbonyl (C=O) groups is 2. The molecule has 0 aromatic heterocycles. The van der Waals surface area contributed by atoms with Crippen LogP contribution in [0.15, 0.2) is 48.5 Å². The number of carbonyl (C=O) groups excluding carboxylic acids is 2. The number of aliphatic hydroxyl groups is 1. The second kappa shape index (κ2) is 14.6. The molecule has 5 atom stereocenters. The van der Waals surface area contributed by atoms with Crippen molar-refractivity contribution in [2.75, 3.05) is 45.3 Å². The van der Waals surface area contributed by atoms with Crippen LogP contribution >= 0.6 is 0 Å². The van der Waals surface area contributed by atoms with Crippen LogP contribution in [-0.2, 0) is 30.3 Å². The van der Waals surface area contributed by atoms with Gasteiger partial charge < -0.3 is 34.7 Å². The molecule has 10 heteroatoms. The van der Waals surface area contributed by atoms with Crippen LogP contribution in [0.25, 0.3) is 0 Å². The monoisotopic (exact) mass is 555 g/mol. The van der Waals surface area contributed by atoms with E-state index in [9.17, 15) is 14.7 Å². The number of aliphatic hydroxyl groups excluding tert-OH is 1. The van der Waals surface area contributed by atoms with Gasteiger partial charge in [0.25, 0.3) is 0 Å². The van der Waals surface area contributed by atoms with Crippen LogP contribution in [0.1, 0.15) is 55.8 Å². The maximum absolute atomic E-state index is 12.2. The fourth-order valence-corrected chi connectivity index (χ4v) is 5.34. The van der Waals surface area contributed by atoms with Gasteiger partial charge in [0, 0.05) is 36.9 Å². The summed E-state index contributed by atoms with van der Waals surface area (Å²) in [7, 11) is 1.74. The van der Waals surface area contributed by atoms with Gasteiger partial charge in [0.05, 0.1) is 32.0 Å². The Morgan fingerprint density at radius 2 is 1.80 bits per heavy atom. The lowest BCUT2D eigenvalue weighted by Gasteiger charge is -2.43. The van der Waals surface area contributed by atoms with Gasteiger partial charge in [-0.2, -0.15) is 0 Å². The van der Waals surface area contributed by atoms with Crippen LogP contribution in [0.3, 0.4) is 0 Å². The van der Waals surface area contributed by atoms with Crippen molar-refractivity contribution in [3.63, 3.8) is 0 Å². The molecule has 2 aromatic carbocycles. The largest absolute Gasteiger partial charge is 0.465 e. The molecule has 5 unspecified atom stereocenters. The highest BCUT2D eigenvalue weighted by Gasteiger charge is 2.40. The third-order valence-electron chi connectivity index (χ3n) is 7.54. The van der Waals surface area contributed by atoms with Gasteiger partial charge in [-0.05, 0) is 49.6 Å². The molecular weight excluding hydrogens is 514 g/mol. The predicted octanol–water partition coefficient (Wildman–Crippen LogP) is 3.77. The number of amides is 2. The third-order valence-corrected chi connectivity index (χ3v) is 7.54. The maximum atomic E-state index is 12.2. The molecule has 2 aromatic rings. The van der Waals surface area contributed by atoms with Crippen LogP contribution in [0.4, 0.5) is 10.5 Å². The van der Waals surface area contributed by atoms with E-state index in [1.807, 2.05) is 36.4 Å². The summed E-state index contributed by atoms with van der Waals surface area (Å²) in [5.41, 5.74) is 3.29. The number of anilines is 1. The fourth-order valence-electron chi connectivity index (χ4n) is 5.34. The van der Waals surface area contributed by atoms with E-state index in [1.165, 1.54) is 0 Å². The zero-order valence-electron chi connectivity index (χ0n) is 23.5. The fraction of sp³-hybridized carbons (Fsp3) is 0.533. The molecule has 2 amide bonds. The van der Waals surface area contributed by atoms with E-state index in [4.69, 9.17) is 18.9 Å². The van der Waals surface area contributed by atoms with Gasteiger partial charge in [-0.3, -0.25) is 9.69 Å². The Bertz CT molecular complexity index is 1100. The van der Waals surface area contributed by atoms with E-state index in [2.05, 4.69) is 22.5 Å². The van der Waals surface area contributed by atoms with Gasteiger partial charge in [-0.1, -0.05) is 43.3 Å². The summed E-state index contributed by atoms with van der Waals surface area (Å²) in [5, 5.41) is 14.7. The molecule has 2 aliphatic rings. The van der Waals surface area contributed by atoms with Crippen molar-refractivity contribution in [3.05, 3.63) is 65.2 Å². The first-order valence-corrected chi connectivity index (χ1v) is 14.0. The van der Waals surface area contributed by atoms with Gasteiger partial charge >= 0.3 is 12.0 Å². The quantitative estimate of drug-likeness (QED) is 0.359. The number of rotatable bonds is 11. The lowest BCUT2D eigenvalue weighted by Crippen LogP contribution is -2.46. The van der Waals surface area contributed by atoms with Crippen molar-refractivity contribution in [1.29, 1.82) is 0 Å². The molecule has 3 N–H and O–H groups in total. The number of nitrogens with zero attached hydrogens (tertiary/aromatic N) is 1. The van der Waals surface area contributed by atoms with E-state index in [1.54, 1.807) is 26.2 Å². The van der Waals surface area contributed by atoms with Gasteiger partial charge in [-0.25, -0.2) is 4.79 Å². The molecule has 2 saturated heterocycles. The number of hydrogen-bond acceptors (Lipinski definition) is 8. The van der Waals surface area contributed by atoms with Crippen LogP contribution in [-0.4, -0.2) is 74.1 Å². The summed E-state index contributed by atoms with van der Waals surface area (Å²) in [6.07, 6.45) is 1.38. The molecule has 2 fully saturated rings. The summed E-state index contributed by atoms with van der Waals surface area (Å²) in [5.74, 6) is -0.407. The first-order valence-electron chi connectivity index (χ1n) is 14.0. The normalized spacial score (nSPS) is 24.9. The van der Waals surface area contributed by atoms with E-state index in [-0.39, 0.29) is 37.9 Å². The van der Waals surface area contributed by atoms with Crippen LogP contribution in [0.5, 0.6) is 0 Å². The number of ether oxygens (including phenoxy) is 4. The summed E-state index contributed by atoms with van der Waals surface area (Å²) < 4.78 is 23.4. The number of urea groups is 1. The summed E-state index contributed by atoms with van der Waals surface area (Å²) >= 11 is 0. The second-order valence-electron chi connectivity index (χ2n) is 10.3. The molecule has 0 saturated carbocycles. The van der Waals surface area contributed by atoms with E-state index in [0.717, 1.165) is 42.6 Å². The molecule has 218 valence electrons. The van der Waals surface area contributed by atoms with Gasteiger partial charge in [-0.15, -0.1) is 0 Å². The Morgan fingerprint density at radius 1 is 1.07 bits per heavy atom. The molecule has 0 aliphatic carbocycles. The molecule has 4 rings (SSSR count). The number of benzene rings is 2. The molecule has 0 radical (unpaired) electrons. The van der Waals surface area contributed by atoms with Crippen molar-refractivity contribution in [1.82, 2.24) is 10.2 Å². The Kier molecular flexibility index (Phi) is 10.9. The Labute approximate surface area is 235 Å². The number of nitrogens with one attached hydrogen (secondary N) is 2. The minimum atomic E-state index is -0.598. The highest BCUT2D eigenvalue weighted by molar-refractivity contribution is 5.91. The molecule has 0 bridgehead atoms. The average Bonchev–Trinajstić information content (AvgIpc) is 3.40. The van der Waals surface area contributed by atoms with Crippen molar-refractivity contribution < 1.29 is 33.6 Å². The zero-order chi connectivity index (χ0) is 28.5.